The molecule has 1 saturated heterocycles. The van der Waals surface area contributed by atoms with Crippen molar-refractivity contribution in [2.45, 2.75) is 116 Å². The number of carbonyl (C=O) groups is 5. The van der Waals surface area contributed by atoms with Crippen LogP contribution in [0.5, 0.6) is 0 Å². The van der Waals surface area contributed by atoms with Crippen LogP contribution in [0.1, 0.15) is 97.5 Å². The molecule has 1 saturated carbocycles. The van der Waals surface area contributed by atoms with E-state index in [4.69, 9.17) is 21.0 Å². The third-order valence-electron chi connectivity index (χ3n) is 9.71. The van der Waals surface area contributed by atoms with Crippen molar-refractivity contribution in [2.24, 2.45) is 16.5 Å². The van der Waals surface area contributed by atoms with Crippen LogP contribution in [0.25, 0.3) is 0 Å². The first-order chi connectivity index (χ1) is 23.8. The second-order valence-electron chi connectivity index (χ2n) is 14.8. The molecule has 0 bridgehead atoms. The molecule has 0 unspecified atom stereocenters. The third kappa shape index (κ3) is 8.90. The molecule has 3 aliphatic rings. The zero-order chi connectivity index (χ0) is 36.1. The van der Waals surface area contributed by atoms with Gasteiger partial charge in [0.2, 0.25) is 23.5 Å². The molecule has 3 N–H and O–H groups in total. The van der Waals surface area contributed by atoms with Gasteiger partial charge in [0.25, 0.3) is 5.91 Å². The maximum atomic E-state index is 14.6. The van der Waals surface area contributed by atoms with Crippen molar-refractivity contribution < 1.29 is 33.3 Å². The van der Waals surface area contributed by atoms with Crippen molar-refractivity contribution in [2.75, 3.05) is 11.9 Å². The lowest BCUT2D eigenvalue weighted by Crippen LogP contribution is -2.59. The molecule has 5 rings (SSSR count). The summed E-state index contributed by atoms with van der Waals surface area (Å²) in [6, 6.07) is 5.39. The van der Waals surface area contributed by atoms with Crippen LogP contribution >= 0.6 is 11.6 Å². The van der Waals surface area contributed by atoms with Gasteiger partial charge in [-0.3, -0.25) is 24.0 Å². The van der Waals surface area contributed by atoms with Gasteiger partial charge in [0, 0.05) is 35.9 Å². The smallest absolute Gasteiger partial charge is 0.295 e. The fourth-order valence-corrected chi connectivity index (χ4v) is 7.27. The van der Waals surface area contributed by atoms with E-state index in [2.05, 4.69) is 26.3 Å². The Bertz CT molecular complexity index is 1600. The number of oxime groups is 1. The molecule has 1 spiro atoms. The fourth-order valence-electron chi connectivity index (χ4n) is 7.08. The van der Waals surface area contributed by atoms with Gasteiger partial charge in [-0.05, 0) is 42.7 Å². The first-order valence-corrected chi connectivity index (χ1v) is 17.8. The van der Waals surface area contributed by atoms with Crippen LogP contribution in [0, 0.1) is 11.3 Å². The third-order valence-corrected chi connectivity index (χ3v) is 9.95. The number of hydrogen-bond acceptors (Lipinski definition) is 9. The van der Waals surface area contributed by atoms with Crippen LogP contribution in [0.4, 0.5) is 5.82 Å². The SMILES string of the molecule is CCC[C@H](NC(=O)[C@@H]1C[C@]2(CC(c3cccc(Cl)c3)=NO2)CN1C(=O)[C@@H](NC(=O)CC1CCCCC1)C(C)(C)C)C(=O)C(=O)Nc1ccon1. The Labute approximate surface area is 297 Å². The molecular formula is C36H47ClN6O7. The lowest BCUT2D eigenvalue weighted by atomic mass is 9.84. The highest BCUT2D eigenvalue weighted by Crippen LogP contribution is 2.40. The van der Waals surface area contributed by atoms with Crippen molar-refractivity contribution in [1.82, 2.24) is 20.7 Å². The number of amides is 4. The molecule has 3 heterocycles. The zero-order valence-electron chi connectivity index (χ0n) is 29.1. The second-order valence-corrected chi connectivity index (χ2v) is 15.2. The van der Waals surface area contributed by atoms with E-state index in [1.807, 2.05) is 33.8 Å². The summed E-state index contributed by atoms with van der Waals surface area (Å²) in [6.07, 6.45) is 7.96. The van der Waals surface area contributed by atoms with E-state index >= 15 is 0 Å². The Hall–Kier alpha value is -4.26. The minimum atomic E-state index is -1.16. The number of hydrogen-bond donors (Lipinski definition) is 3. The van der Waals surface area contributed by atoms with Crippen LogP contribution in [0.2, 0.25) is 5.02 Å². The number of halogens is 1. The highest BCUT2D eigenvalue weighted by Gasteiger charge is 2.55. The average molecular weight is 711 g/mol. The van der Waals surface area contributed by atoms with Gasteiger partial charge in [-0.15, -0.1) is 0 Å². The van der Waals surface area contributed by atoms with Crippen molar-refractivity contribution in [3.63, 3.8) is 0 Å². The minimum Gasteiger partial charge on any atom is -0.387 e. The van der Waals surface area contributed by atoms with E-state index in [1.54, 1.807) is 18.2 Å². The summed E-state index contributed by atoms with van der Waals surface area (Å²) in [5.41, 5.74) is -0.361. The predicted octanol–water partition coefficient (Wildman–Crippen LogP) is 4.79. The molecule has 1 aromatic carbocycles. The van der Waals surface area contributed by atoms with Gasteiger partial charge in [0.15, 0.2) is 11.4 Å². The van der Waals surface area contributed by atoms with Gasteiger partial charge in [-0.1, -0.05) is 87.4 Å². The first-order valence-electron chi connectivity index (χ1n) is 17.5. The fraction of sp³-hybridized carbons (Fsp3) is 0.583. The Morgan fingerprint density at radius 3 is 2.50 bits per heavy atom. The maximum absolute atomic E-state index is 14.6. The molecule has 1 aromatic heterocycles. The number of anilines is 1. The van der Waals surface area contributed by atoms with E-state index < -0.39 is 52.6 Å². The van der Waals surface area contributed by atoms with Gasteiger partial charge in [0.1, 0.15) is 18.3 Å². The van der Waals surface area contributed by atoms with Crippen molar-refractivity contribution >= 4 is 52.5 Å². The Morgan fingerprint density at radius 2 is 1.84 bits per heavy atom. The van der Waals surface area contributed by atoms with Crippen LogP contribution in [0.3, 0.4) is 0 Å². The van der Waals surface area contributed by atoms with E-state index in [1.165, 1.54) is 23.7 Å². The van der Waals surface area contributed by atoms with E-state index in [0.717, 1.165) is 31.2 Å². The number of nitrogens with one attached hydrogen (secondary N) is 3. The van der Waals surface area contributed by atoms with Gasteiger partial charge in [-0.25, -0.2) is 0 Å². The Morgan fingerprint density at radius 1 is 1.08 bits per heavy atom. The Kier molecular flexibility index (Phi) is 11.7. The number of rotatable bonds is 12. The summed E-state index contributed by atoms with van der Waals surface area (Å²) < 4.78 is 4.72. The standard InChI is InChI=1S/C36H47ClN6O7/c1-5-10-25(30(45)33(47)39-28-15-16-49-42-28)38-32(46)27-20-36(19-26(41-50-36)23-13-9-14-24(37)18-23)21-43(27)34(48)31(35(2,3)4)40-29(44)17-22-11-7-6-8-12-22/h9,13-16,18,22,25,27,31H,5-8,10-12,17,19-21H2,1-4H3,(H,38,46)(H,40,44)(H,39,42,47)/t25-,27-,31+,36+/m0/s1. The lowest BCUT2D eigenvalue weighted by Gasteiger charge is -2.36. The molecule has 50 heavy (non-hydrogen) atoms. The van der Waals surface area contributed by atoms with E-state index in [0.29, 0.717) is 30.0 Å². The zero-order valence-corrected chi connectivity index (χ0v) is 29.9. The number of nitrogens with zero attached hydrogens (tertiary/aromatic N) is 3. The lowest BCUT2D eigenvalue weighted by molar-refractivity contribution is -0.145. The number of ketones is 1. The normalized spacial score (nSPS) is 22.0. The van der Waals surface area contributed by atoms with Gasteiger partial charge in [-0.2, -0.15) is 0 Å². The van der Waals surface area contributed by atoms with E-state index in [9.17, 15) is 24.0 Å². The topological polar surface area (TPSA) is 172 Å². The first kappa shape index (κ1) is 37.0. The molecule has 4 amide bonds. The van der Waals surface area contributed by atoms with Crippen molar-refractivity contribution in [1.29, 1.82) is 0 Å². The Balaban J connectivity index is 1.38. The van der Waals surface area contributed by atoms with Crippen LogP contribution < -0.4 is 16.0 Å². The molecule has 14 heteroatoms. The summed E-state index contributed by atoms with van der Waals surface area (Å²) in [4.78, 5) is 75.6. The molecule has 2 aliphatic heterocycles. The molecule has 13 nitrogen and oxygen atoms in total. The number of carbonyl (C=O) groups excluding carboxylic acids is 5. The van der Waals surface area contributed by atoms with Crippen molar-refractivity contribution in [3.05, 3.63) is 47.2 Å². The monoisotopic (exact) mass is 710 g/mol. The summed E-state index contributed by atoms with van der Waals surface area (Å²) in [7, 11) is 0. The van der Waals surface area contributed by atoms with Crippen LogP contribution in [-0.2, 0) is 28.8 Å². The van der Waals surface area contributed by atoms with Crippen LogP contribution in [0.15, 0.2) is 46.3 Å². The summed E-state index contributed by atoms with van der Waals surface area (Å²) in [5.74, 6) is -2.73. The van der Waals surface area contributed by atoms with Gasteiger partial charge >= 0.3 is 0 Å². The maximum Gasteiger partial charge on any atom is 0.295 e. The highest BCUT2D eigenvalue weighted by molar-refractivity contribution is 6.42. The molecule has 270 valence electrons. The molecule has 0 radical (unpaired) electrons. The predicted molar refractivity (Wildman–Crippen MR) is 186 cm³/mol. The second kappa shape index (κ2) is 15.7. The molecule has 4 atom stereocenters. The number of aromatic nitrogens is 1. The molecule has 2 fully saturated rings. The summed E-state index contributed by atoms with van der Waals surface area (Å²) in [5, 5.41) is 16.6. The average Bonchev–Trinajstić information content (AvgIpc) is 3.83. The quantitative estimate of drug-likeness (QED) is 0.264. The minimum absolute atomic E-state index is 0.0155. The number of benzene rings is 1. The number of likely N-dealkylation sites (tertiary alicyclic amines) is 1. The van der Waals surface area contributed by atoms with Crippen LogP contribution in [-0.4, -0.2) is 75.5 Å². The summed E-state index contributed by atoms with van der Waals surface area (Å²) in [6.45, 7) is 7.45. The molecule has 2 aromatic rings. The van der Waals surface area contributed by atoms with Gasteiger partial charge in [0.05, 0.1) is 18.3 Å². The van der Waals surface area contributed by atoms with Gasteiger partial charge < -0.3 is 30.2 Å². The molecular weight excluding hydrogens is 664 g/mol. The number of Topliss-reactive ketones (excluding diaryl/α,β-unsaturated/α-hetero) is 1. The molecule has 1 aliphatic carbocycles. The summed E-state index contributed by atoms with van der Waals surface area (Å²) >= 11 is 6.25. The largest absolute Gasteiger partial charge is 0.387 e. The highest BCUT2D eigenvalue weighted by atomic mass is 35.5. The van der Waals surface area contributed by atoms with Crippen molar-refractivity contribution in [3.8, 4) is 0 Å². The van der Waals surface area contributed by atoms with E-state index in [-0.39, 0.29) is 37.0 Å².